The molecule has 7 heteroatoms. The lowest BCUT2D eigenvalue weighted by Crippen LogP contribution is -2.35. The fraction of sp³-hybridized carbons (Fsp3) is 0.261. The number of benzene rings is 2. The number of thioether (sulfide) groups is 1. The van der Waals surface area contributed by atoms with E-state index in [9.17, 15) is 4.79 Å². The molecule has 3 aromatic rings. The van der Waals surface area contributed by atoms with Gasteiger partial charge in [0.15, 0.2) is 11.0 Å². The number of nitrogens with zero attached hydrogens (tertiary/aromatic N) is 4. The van der Waals surface area contributed by atoms with E-state index in [4.69, 9.17) is 4.74 Å². The van der Waals surface area contributed by atoms with Crippen molar-refractivity contribution in [1.29, 1.82) is 0 Å². The Bertz CT molecular complexity index is 1060. The predicted molar refractivity (Wildman–Crippen MR) is 120 cm³/mol. The van der Waals surface area contributed by atoms with E-state index in [1.165, 1.54) is 17.3 Å². The van der Waals surface area contributed by atoms with E-state index in [1.54, 1.807) is 7.11 Å². The number of anilines is 1. The van der Waals surface area contributed by atoms with Crippen LogP contribution in [-0.2, 0) is 17.8 Å². The quantitative estimate of drug-likeness (QED) is 0.423. The Morgan fingerprint density at radius 1 is 1.23 bits per heavy atom. The van der Waals surface area contributed by atoms with Crippen LogP contribution in [0.3, 0.4) is 0 Å². The van der Waals surface area contributed by atoms with Crippen LogP contribution in [0, 0.1) is 0 Å². The summed E-state index contributed by atoms with van der Waals surface area (Å²) in [5.41, 5.74) is 3.17. The summed E-state index contributed by atoms with van der Waals surface area (Å²) in [6.07, 6.45) is 2.71. The monoisotopic (exact) mass is 420 g/mol. The highest BCUT2D eigenvalue weighted by atomic mass is 32.2. The average Bonchev–Trinajstić information content (AvgIpc) is 3.38. The molecular weight excluding hydrogens is 396 g/mol. The molecule has 0 aliphatic carbocycles. The molecule has 0 spiro atoms. The van der Waals surface area contributed by atoms with Crippen molar-refractivity contribution in [1.82, 2.24) is 14.8 Å². The van der Waals surface area contributed by atoms with Crippen LogP contribution in [0.5, 0.6) is 5.75 Å². The van der Waals surface area contributed by atoms with E-state index >= 15 is 0 Å². The van der Waals surface area contributed by atoms with E-state index < -0.39 is 0 Å². The lowest BCUT2D eigenvalue weighted by Gasteiger charge is -2.21. The molecule has 154 valence electrons. The van der Waals surface area contributed by atoms with Gasteiger partial charge in [0.05, 0.1) is 12.4 Å². The second kappa shape index (κ2) is 8.75. The van der Waals surface area contributed by atoms with Crippen LogP contribution in [0.1, 0.15) is 12.5 Å². The topological polar surface area (TPSA) is 60.2 Å². The van der Waals surface area contributed by atoms with Crippen LogP contribution in [0.15, 0.2) is 66.3 Å². The van der Waals surface area contributed by atoms with Gasteiger partial charge in [-0.2, -0.15) is 0 Å². The second-order valence-electron chi connectivity index (χ2n) is 7.06. The van der Waals surface area contributed by atoms with Gasteiger partial charge in [0.2, 0.25) is 5.91 Å². The molecule has 0 bridgehead atoms. The number of carbonyl (C=O) groups is 1. The minimum atomic E-state index is -0.285. The van der Waals surface area contributed by atoms with Crippen LogP contribution in [-0.4, -0.2) is 39.6 Å². The summed E-state index contributed by atoms with van der Waals surface area (Å²) in [6.45, 7) is 7.07. The zero-order valence-corrected chi connectivity index (χ0v) is 17.9. The molecule has 2 heterocycles. The predicted octanol–water partition coefficient (Wildman–Crippen LogP) is 4.21. The number of allylic oxidation sites excluding steroid dienone is 1. The van der Waals surface area contributed by atoms with Crippen LogP contribution >= 0.6 is 11.8 Å². The van der Waals surface area contributed by atoms with Gasteiger partial charge in [0.25, 0.3) is 0 Å². The summed E-state index contributed by atoms with van der Waals surface area (Å²) in [7, 11) is 1.64. The van der Waals surface area contributed by atoms with E-state index in [1.807, 2.05) is 64.9 Å². The van der Waals surface area contributed by atoms with Crippen LogP contribution in [0.4, 0.5) is 5.69 Å². The van der Waals surface area contributed by atoms with Gasteiger partial charge >= 0.3 is 0 Å². The first-order chi connectivity index (χ1) is 14.6. The van der Waals surface area contributed by atoms with Gasteiger partial charge < -0.3 is 9.64 Å². The smallest absolute Gasteiger partial charge is 0.240 e. The third-order valence-corrected chi connectivity index (χ3v) is 6.23. The van der Waals surface area contributed by atoms with Gasteiger partial charge in [-0.3, -0.25) is 9.36 Å². The first kappa shape index (κ1) is 20.2. The number of carbonyl (C=O) groups excluding carboxylic acids is 1. The molecule has 1 aliphatic rings. The first-order valence-corrected chi connectivity index (χ1v) is 10.7. The molecule has 30 heavy (non-hydrogen) atoms. The van der Waals surface area contributed by atoms with Crippen molar-refractivity contribution < 1.29 is 9.53 Å². The molecule has 6 nitrogen and oxygen atoms in total. The summed E-state index contributed by atoms with van der Waals surface area (Å²) in [6, 6.07) is 15.8. The second-order valence-corrected chi connectivity index (χ2v) is 8.37. The fourth-order valence-electron chi connectivity index (χ4n) is 3.62. The Labute approximate surface area is 180 Å². The standard InChI is InChI=1S/C23H24N4O2S/c1-4-14-27-21(18-9-11-19(29-3)12-10-18)24-25-23(27)30-16(2)22(28)26-15-13-17-7-5-6-8-20(17)26/h4-12,16H,1,13-15H2,2-3H3/t16-/m0/s1. The molecule has 0 saturated carbocycles. The Kier molecular flexibility index (Phi) is 5.90. The van der Waals surface area contributed by atoms with E-state index in [2.05, 4.69) is 22.8 Å². The van der Waals surface area contributed by atoms with Gasteiger partial charge in [-0.25, -0.2) is 0 Å². The van der Waals surface area contributed by atoms with Crippen LogP contribution in [0.25, 0.3) is 11.4 Å². The molecule has 0 saturated heterocycles. The number of para-hydroxylation sites is 1. The molecule has 4 rings (SSSR count). The van der Waals surface area contributed by atoms with Crippen LogP contribution < -0.4 is 9.64 Å². The fourth-order valence-corrected chi connectivity index (χ4v) is 4.54. The molecule has 1 atom stereocenters. The molecule has 0 radical (unpaired) electrons. The molecule has 0 N–H and O–H groups in total. The number of hydrogen-bond acceptors (Lipinski definition) is 5. The number of amides is 1. The van der Waals surface area contributed by atoms with Crippen molar-refractivity contribution in [3.05, 3.63) is 66.7 Å². The zero-order chi connectivity index (χ0) is 21.1. The van der Waals surface area contributed by atoms with Crippen molar-refractivity contribution in [3.63, 3.8) is 0 Å². The van der Waals surface area contributed by atoms with Crippen molar-refractivity contribution in [2.24, 2.45) is 0 Å². The lowest BCUT2D eigenvalue weighted by molar-refractivity contribution is -0.117. The third kappa shape index (κ3) is 3.85. The third-order valence-electron chi connectivity index (χ3n) is 5.16. The Morgan fingerprint density at radius 2 is 2.00 bits per heavy atom. The highest BCUT2D eigenvalue weighted by Crippen LogP contribution is 2.32. The van der Waals surface area contributed by atoms with Crippen LogP contribution in [0.2, 0.25) is 0 Å². The van der Waals surface area contributed by atoms with Crippen molar-refractivity contribution in [3.8, 4) is 17.1 Å². The Morgan fingerprint density at radius 3 is 2.73 bits per heavy atom. The summed E-state index contributed by atoms with van der Waals surface area (Å²) in [4.78, 5) is 15.0. The maximum atomic E-state index is 13.1. The minimum Gasteiger partial charge on any atom is -0.497 e. The van der Waals surface area contributed by atoms with E-state index in [-0.39, 0.29) is 11.2 Å². The van der Waals surface area contributed by atoms with Gasteiger partial charge in [-0.15, -0.1) is 16.8 Å². The maximum Gasteiger partial charge on any atom is 0.240 e. The highest BCUT2D eigenvalue weighted by molar-refractivity contribution is 8.00. The van der Waals surface area contributed by atoms with Gasteiger partial charge in [-0.1, -0.05) is 36.0 Å². The highest BCUT2D eigenvalue weighted by Gasteiger charge is 2.29. The molecular formula is C23H24N4O2S. The van der Waals surface area contributed by atoms with E-state index in [0.29, 0.717) is 11.7 Å². The molecule has 1 aliphatic heterocycles. The van der Waals surface area contributed by atoms with Gasteiger partial charge in [-0.05, 0) is 49.2 Å². The minimum absolute atomic E-state index is 0.0871. The Hall–Kier alpha value is -3.06. The molecule has 1 amide bonds. The number of fused-ring (bicyclic) bond motifs is 1. The van der Waals surface area contributed by atoms with Gasteiger partial charge in [0, 0.05) is 24.3 Å². The molecule has 0 fully saturated rings. The number of methoxy groups -OCH3 is 1. The zero-order valence-electron chi connectivity index (χ0n) is 17.1. The summed E-state index contributed by atoms with van der Waals surface area (Å²) < 4.78 is 7.22. The summed E-state index contributed by atoms with van der Waals surface area (Å²) in [5, 5.41) is 9.18. The van der Waals surface area contributed by atoms with Gasteiger partial charge in [0.1, 0.15) is 5.75 Å². The SMILES string of the molecule is C=CCn1c(S[C@@H](C)C(=O)N2CCc3ccccc32)nnc1-c1ccc(OC)cc1. The maximum absolute atomic E-state index is 13.1. The summed E-state index contributed by atoms with van der Waals surface area (Å²) >= 11 is 1.43. The van der Waals surface area contributed by atoms with Crippen molar-refractivity contribution in [2.45, 2.75) is 30.3 Å². The molecule has 0 unspecified atom stereocenters. The molecule has 1 aromatic heterocycles. The molecule has 2 aromatic carbocycles. The largest absolute Gasteiger partial charge is 0.497 e. The number of rotatable bonds is 7. The number of aromatic nitrogens is 3. The Balaban J connectivity index is 1.56. The number of ether oxygens (including phenoxy) is 1. The van der Waals surface area contributed by atoms with Crippen molar-refractivity contribution in [2.75, 3.05) is 18.6 Å². The normalized spacial score (nSPS) is 13.7. The van der Waals surface area contributed by atoms with E-state index in [0.717, 1.165) is 35.8 Å². The summed E-state index contributed by atoms with van der Waals surface area (Å²) in [5.74, 6) is 1.61. The number of hydrogen-bond donors (Lipinski definition) is 0. The first-order valence-electron chi connectivity index (χ1n) is 9.87. The average molecular weight is 421 g/mol. The van der Waals surface area contributed by atoms with Crippen molar-refractivity contribution >= 4 is 23.4 Å². The lowest BCUT2D eigenvalue weighted by atomic mass is 10.2.